The summed E-state index contributed by atoms with van der Waals surface area (Å²) in [4.78, 5) is 0. The molecule has 37 heavy (non-hydrogen) atoms. The van der Waals surface area contributed by atoms with E-state index in [2.05, 4.69) is 6.07 Å². The monoisotopic (exact) mass is 483 g/mol. The smallest absolute Gasteiger partial charge is 0.154 e. The molecular weight excluding hydrogens is 464 g/mol. The zero-order valence-corrected chi connectivity index (χ0v) is 19.8. The van der Waals surface area contributed by atoms with Crippen LogP contribution in [0.25, 0.3) is 55.0 Å². The van der Waals surface area contributed by atoms with Crippen LogP contribution in [0.2, 0.25) is 0 Å². The summed E-state index contributed by atoms with van der Waals surface area (Å²) in [5.74, 6) is -1.49. The number of nitriles is 1. The molecule has 176 valence electrons. The Labute approximate surface area is 211 Å². The van der Waals surface area contributed by atoms with E-state index in [0.29, 0.717) is 0 Å². The second-order valence-electron chi connectivity index (χ2n) is 9.18. The van der Waals surface area contributed by atoms with E-state index in [1.807, 2.05) is 97.1 Å². The molecule has 0 aliphatic carbocycles. The minimum Gasteiger partial charge on any atom is -0.305 e. The molecule has 0 atom stereocenters. The van der Waals surface area contributed by atoms with E-state index in [1.165, 1.54) is 6.92 Å². The highest BCUT2D eigenvalue weighted by molar-refractivity contribution is 6.11. The number of rotatable bonds is 2. The molecule has 7 aromatic rings. The van der Waals surface area contributed by atoms with E-state index in [9.17, 15) is 5.26 Å². The van der Waals surface area contributed by atoms with Crippen molar-refractivity contribution in [2.75, 3.05) is 0 Å². The third-order valence-electron chi connectivity index (χ3n) is 7.27. The van der Waals surface area contributed by atoms with Crippen LogP contribution < -0.4 is 0 Å². The largest absolute Gasteiger partial charge is 0.305 e. The van der Waals surface area contributed by atoms with Crippen molar-refractivity contribution in [2.45, 2.75) is 6.92 Å². The number of halogens is 2. The lowest BCUT2D eigenvalue weighted by atomic mass is 10.0. The van der Waals surface area contributed by atoms with Crippen molar-refractivity contribution in [1.82, 2.24) is 9.13 Å². The van der Waals surface area contributed by atoms with Crippen molar-refractivity contribution >= 4 is 43.6 Å². The molecule has 0 saturated carbocycles. The normalized spacial score (nSPS) is 11.6. The van der Waals surface area contributed by atoms with Crippen LogP contribution in [0.1, 0.15) is 11.1 Å². The summed E-state index contributed by atoms with van der Waals surface area (Å²) in [6, 6.07) is 32.9. The topological polar surface area (TPSA) is 33.6 Å². The number of hydrogen-bond acceptors (Lipinski definition) is 1. The number of benzene rings is 5. The van der Waals surface area contributed by atoms with Crippen LogP contribution in [0.4, 0.5) is 8.78 Å². The summed E-state index contributed by atoms with van der Waals surface area (Å²) in [5.41, 5.74) is 2.91. The first kappa shape index (κ1) is 21.3. The summed E-state index contributed by atoms with van der Waals surface area (Å²) in [6.45, 7) is 1.43. The second-order valence-corrected chi connectivity index (χ2v) is 9.18. The standard InChI is InChI=1S/C32H19F2N3/c1-19-29(33)31(36-25-14-6-2-10-20(25)21-11-3-7-15-26(21)36)24(18-35)32(30(19)34)37-27-16-8-4-12-22(27)23-13-5-9-17-28(23)37/h2-17H,1H3. The highest BCUT2D eigenvalue weighted by Crippen LogP contribution is 2.40. The van der Waals surface area contributed by atoms with Gasteiger partial charge in [0.15, 0.2) is 11.6 Å². The Morgan fingerprint density at radius 1 is 0.541 bits per heavy atom. The maximum atomic E-state index is 16.2. The van der Waals surface area contributed by atoms with Gasteiger partial charge >= 0.3 is 0 Å². The Bertz CT molecular complexity index is 1840. The molecule has 3 nitrogen and oxygen atoms in total. The van der Waals surface area contributed by atoms with Gasteiger partial charge in [0.2, 0.25) is 0 Å². The molecule has 7 rings (SSSR count). The van der Waals surface area contributed by atoms with Gasteiger partial charge in [-0.2, -0.15) is 5.26 Å². The number of para-hydroxylation sites is 4. The Hall–Kier alpha value is -4.95. The van der Waals surface area contributed by atoms with Crippen LogP contribution in [0.3, 0.4) is 0 Å². The molecule has 0 unspecified atom stereocenters. The Balaban J connectivity index is 1.72. The summed E-state index contributed by atoms with van der Waals surface area (Å²) < 4.78 is 35.8. The van der Waals surface area contributed by atoms with E-state index in [-0.39, 0.29) is 22.5 Å². The molecule has 0 radical (unpaired) electrons. The quantitative estimate of drug-likeness (QED) is 0.243. The molecule has 0 fully saturated rings. The zero-order chi connectivity index (χ0) is 25.3. The third-order valence-corrected chi connectivity index (χ3v) is 7.27. The van der Waals surface area contributed by atoms with Crippen molar-refractivity contribution in [3.63, 3.8) is 0 Å². The SMILES string of the molecule is Cc1c(F)c(-n2c3ccccc3c3ccccc32)c(C#N)c(-n2c3ccccc3c3ccccc32)c1F. The fourth-order valence-electron chi connectivity index (χ4n) is 5.64. The number of hydrogen-bond donors (Lipinski definition) is 0. The van der Waals surface area contributed by atoms with Gasteiger partial charge in [-0.3, -0.25) is 0 Å². The fourth-order valence-corrected chi connectivity index (χ4v) is 5.64. The average molecular weight is 484 g/mol. The minimum absolute atomic E-state index is 0.0515. The predicted molar refractivity (Wildman–Crippen MR) is 144 cm³/mol. The molecule has 5 heteroatoms. The zero-order valence-electron chi connectivity index (χ0n) is 19.8. The van der Waals surface area contributed by atoms with Gasteiger partial charge in [0.05, 0.1) is 22.1 Å². The molecule has 0 amide bonds. The summed E-state index contributed by atoms with van der Waals surface area (Å²) in [7, 11) is 0. The lowest BCUT2D eigenvalue weighted by molar-refractivity contribution is 0.560. The first-order chi connectivity index (χ1) is 18.1. The predicted octanol–water partition coefficient (Wildman–Crippen LogP) is 8.34. The lowest BCUT2D eigenvalue weighted by Crippen LogP contribution is -2.11. The van der Waals surface area contributed by atoms with Gasteiger partial charge in [-0.1, -0.05) is 72.8 Å². The molecule has 2 aromatic heterocycles. The molecule has 0 bridgehead atoms. The first-order valence-corrected chi connectivity index (χ1v) is 12.0. The Morgan fingerprint density at radius 3 is 1.14 bits per heavy atom. The van der Waals surface area contributed by atoms with Gasteiger partial charge in [0.1, 0.15) is 23.0 Å². The van der Waals surface area contributed by atoms with Crippen molar-refractivity contribution in [3.05, 3.63) is 120 Å². The number of nitrogens with zero attached hydrogens (tertiary/aromatic N) is 3. The van der Waals surface area contributed by atoms with Gasteiger partial charge in [-0.05, 0) is 31.2 Å². The molecule has 0 spiro atoms. The van der Waals surface area contributed by atoms with Crippen molar-refractivity contribution in [1.29, 1.82) is 5.26 Å². The maximum absolute atomic E-state index is 16.2. The summed E-state index contributed by atoms with van der Waals surface area (Å²) in [5, 5.41) is 14.2. The van der Waals surface area contributed by atoms with Crippen molar-refractivity contribution in [3.8, 4) is 17.4 Å². The molecule has 2 heterocycles. The molecule has 0 aliphatic heterocycles. The highest BCUT2D eigenvalue weighted by atomic mass is 19.1. The molecule has 0 N–H and O–H groups in total. The molecule has 0 saturated heterocycles. The van der Waals surface area contributed by atoms with Gasteiger partial charge in [-0.25, -0.2) is 8.78 Å². The van der Waals surface area contributed by atoms with E-state index in [4.69, 9.17) is 0 Å². The maximum Gasteiger partial charge on any atom is 0.154 e. The van der Waals surface area contributed by atoms with Gasteiger partial charge < -0.3 is 9.13 Å². The van der Waals surface area contributed by atoms with E-state index < -0.39 is 11.6 Å². The first-order valence-electron chi connectivity index (χ1n) is 12.0. The van der Waals surface area contributed by atoms with E-state index in [1.54, 1.807) is 9.13 Å². The molecular formula is C32H19F2N3. The molecule has 5 aromatic carbocycles. The number of fused-ring (bicyclic) bond motifs is 6. The van der Waals surface area contributed by atoms with Gasteiger partial charge in [-0.15, -0.1) is 0 Å². The van der Waals surface area contributed by atoms with Crippen LogP contribution in [-0.4, -0.2) is 9.13 Å². The molecule has 0 aliphatic rings. The van der Waals surface area contributed by atoms with Crippen LogP contribution in [0.5, 0.6) is 0 Å². The van der Waals surface area contributed by atoms with Crippen LogP contribution >= 0.6 is 0 Å². The van der Waals surface area contributed by atoms with Crippen LogP contribution in [0.15, 0.2) is 97.1 Å². The van der Waals surface area contributed by atoms with E-state index >= 15 is 8.78 Å². The van der Waals surface area contributed by atoms with Gasteiger partial charge in [0, 0.05) is 27.1 Å². The number of aromatic nitrogens is 2. The second kappa shape index (κ2) is 7.78. The lowest BCUT2D eigenvalue weighted by Gasteiger charge is -2.19. The van der Waals surface area contributed by atoms with Crippen LogP contribution in [0, 0.1) is 29.9 Å². The average Bonchev–Trinajstić information content (AvgIpc) is 3.45. The Kier molecular flexibility index (Phi) is 4.49. The fraction of sp³-hybridized carbons (Fsp3) is 0.0312. The van der Waals surface area contributed by atoms with Crippen molar-refractivity contribution < 1.29 is 8.78 Å². The van der Waals surface area contributed by atoms with Crippen molar-refractivity contribution in [2.24, 2.45) is 0 Å². The Morgan fingerprint density at radius 2 is 0.838 bits per heavy atom. The summed E-state index contributed by atoms with van der Waals surface area (Å²) >= 11 is 0. The third kappa shape index (κ3) is 2.78. The highest BCUT2D eigenvalue weighted by Gasteiger charge is 2.28. The van der Waals surface area contributed by atoms with Crippen LogP contribution in [-0.2, 0) is 0 Å². The van der Waals surface area contributed by atoms with Gasteiger partial charge in [0.25, 0.3) is 0 Å². The minimum atomic E-state index is -0.745. The van der Waals surface area contributed by atoms with E-state index in [0.717, 1.165) is 43.6 Å². The summed E-state index contributed by atoms with van der Waals surface area (Å²) in [6.07, 6.45) is 0.